The fraction of sp³-hybridized carbons (Fsp3) is 0.562. The standard InChI is InChI=1S/C16H24N2O2.ClH/c1-18(2)16(19)11-14-5-4-13(10-15(14)20-3)12-6-8-17-9-7-12;/h4-5,10,12,17H,6-9,11H2,1-3H3;1H. The van der Waals surface area contributed by atoms with Crippen molar-refractivity contribution in [1.82, 2.24) is 10.2 Å². The molecule has 1 aliphatic heterocycles. The summed E-state index contributed by atoms with van der Waals surface area (Å²) in [4.78, 5) is 13.4. The minimum atomic E-state index is 0. The van der Waals surface area contributed by atoms with Gasteiger partial charge in [0.05, 0.1) is 13.5 Å². The molecule has 118 valence electrons. The predicted octanol–water partition coefficient (Wildman–Crippen LogP) is 2.21. The summed E-state index contributed by atoms with van der Waals surface area (Å²) in [6, 6.07) is 6.29. The number of hydrogen-bond acceptors (Lipinski definition) is 3. The molecule has 1 aliphatic rings. The molecule has 0 aliphatic carbocycles. The number of nitrogens with one attached hydrogen (secondary N) is 1. The molecule has 0 atom stereocenters. The molecule has 1 amide bonds. The number of ether oxygens (including phenoxy) is 1. The zero-order valence-electron chi connectivity index (χ0n) is 13.0. The predicted molar refractivity (Wildman–Crippen MR) is 87.5 cm³/mol. The quantitative estimate of drug-likeness (QED) is 0.927. The number of halogens is 1. The number of hydrogen-bond donors (Lipinski definition) is 1. The van der Waals surface area contributed by atoms with Crippen LogP contribution in [-0.4, -0.2) is 45.1 Å². The topological polar surface area (TPSA) is 41.6 Å². The van der Waals surface area contributed by atoms with Gasteiger partial charge in [-0.15, -0.1) is 12.4 Å². The van der Waals surface area contributed by atoms with Gasteiger partial charge in [0.15, 0.2) is 0 Å². The van der Waals surface area contributed by atoms with Crippen LogP contribution in [0.5, 0.6) is 5.75 Å². The Morgan fingerprint density at radius 1 is 1.33 bits per heavy atom. The van der Waals surface area contributed by atoms with Crippen molar-refractivity contribution < 1.29 is 9.53 Å². The maximum absolute atomic E-state index is 11.8. The summed E-state index contributed by atoms with van der Waals surface area (Å²) in [5.41, 5.74) is 2.29. The van der Waals surface area contributed by atoms with Gasteiger partial charge in [-0.05, 0) is 43.5 Å². The number of rotatable bonds is 4. The lowest BCUT2D eigenvalue weighted by atomic mass is 9.89. The number of benzene rings is 1. The van der Waals surface area contributed by atoms with E-state index < -0.39 is 0 Å². The molecular weight excluding hydrogens is 288 g/mol. The molecule has 1 fully saturated rings. The summed E-state index contributed by atoms with van der Waals surface area (Å²) >= 11 is 0. The highest BCUT2D eigenvalue weighted by Crippen LogP contribution is 2.30. The SMILES string of the molecule is COc1cc(C2CCNCC2)ccc1CC(=O)N(C)C.Cl. The van der Waals surface area contributed by atoms with Crippen LogP contribution in [0, 0.1) is 0 Å². The Morgan fingerprint density at radius 2 is 2.00 bits per heavy atom. The van der Waals surface area contributed by atoms with Crippen molar-refractivity contribution >= 4 is 18.3 Å². The summed E-state index contributed by atoms with van der Waals surface area (Å²) in [6.07, 6.45) is 2.72. The Morgan fingerprint density at radius 3 is 2.57 bits per heavy atom. The summed E-state index contributed by atoms with van der Waals surface area (Å²) in [7, 11) is 5.22. The first kappa shape index (κ1) is 17.8. The maximum atomic E-state index is 11.8. The van der Waals surface area contributed by atoms with E-state index in [0.29, 0.717) is 12.3 Å². The van der Waals surface area contributed by atoms with Crippen molar-refractivity contribution in [2.75, 3.05) is 34.3 Å². The molecule has 1 aromatic carbocycles. The lowest BCUT2D eigenvalue weighted by molar-refractivity contribution is -0.127. The van der Waals surface area contributed by atoms with Gasteiger partial charge in [-0.3, -0.25) is 4.79 Å². The Balaban J connectivity index is 0.00000220. The van der Waals surface area contributed by atoms with E-state index in [2.05, 4.69) is 17.4 Å². The van der Waals surface area contributed by atoms with Gasteiger partial charge in [0.2, 0.25) is 5.91 Å². The first-order chi connectivity index (χ1) is 9.61. The summed E-state index contributed by atoms with van der Waals surface area (Å²) in [6.45, 7) is 2.15. The molecule has 1 saturated heterocycles. The third kappa shape index (κ3) is 4.61. The van der Waals surface area contributed by atoms with Crippen LogP contribution < -0.4 is 10.1 Å². The van der Waals surface area contributed by atoms with Crippen LogP contribution in [0.1, 0.15) is 29.9 Å². The van der Waals surface area contributed by atoms with E-state index in [4.69, 9.17) is 4.74 Å². The van der Waals surface area contributed by atoms with Crippen LogP contribution >= 0.6 is 12.4 Å². The Kier molecular flexibility index (Phi) is 6.99. The highest BCUT2D eigenvalue weighted by Gasteiger charge is 2.17. The molecule has 5 heteroatoms. The van der Waals surface area contributed by atoms with Gasteiger partial charge in [-0.2, -0.15) is 0 Å². The van der Waals surface area contributed by atoms with Crippen LogP contribution in [0.4, 0.5) is 0 Å². The lowest BCUT2D eigenvalue weighted by Crippen LogP contribution is -2.26. The van der Waals surface area contributed by atoms with E-state index in [-0.39, 0.29) is 18.3 Å². The van der Waals surface area contributed by atoms with Gasteiger partial charge in [0, 0.05) is 19.7 Å². The molecular formula is C16H25ClN2O2. The van der Waals surface area contributed by atoms with Gasteiger partial charge in [-0.1, -0.05) is 12.1 Å². The molecule has 1 aromatic rings. The summed E-state index contributed by atoms with van der Waals surface area (Å²) < 4.78 is 5.47. The van der Waals surface area contributed by atoms with Crippen molar-refractivity contribution in [1.29, 1.82) is 0 Å². The zero-order valence-corrected chi connectivity index (χ0v) is 13.8. The second-order valence-corrected chi connectivity index (χ2v) is 5.56. The first-order valence-corrected chi connectivity index (χ1v) is 7.19. The highest BCUT2D eigenvalue weighted by molar-refractivity contribution is 5.85. The molecule has 21 heavy (non-hydrogen) atoms. The molecule has 2 rings (SSSR count). The molecule has 0 aromatic heterocycles. The maximum Gasteiger partial charge on any atom is 0.226 e. The molecule has 0 radical (unpaired) electrons. The van der Waals surface area contributed by atoms with E-state index in [1.54, 1.807) is 26.1 Å². The Bertz CT molecular complexity index is 471. The smallest absolute Gasteiger partial charge is 0.226 e. The molecule has 0 saturated carbocycles. The largest absolute Gasteiger partial charge is 0.496 e. The van der Waals surface area contributed by atoms with Crippen LogP contribution in [-0.2, 0) is 11.2 Å². The zero-order chi connectivity index (χ0) is 14.5. The van der Waals surface area contributed by atoms with Crippen molar-refractivity contribution in [3.05, 3.63) is 29.3 Å². The number of likely N-dealkylation sites (N-methyl/N-ethyl adjacent to an activating group) is 1. The van der Waals surface area contributed by atoms with E-state index in [1.807, 2.05) is 6.07 Å². The molecule has 0 bridgehead atoms. The van der Waals surface area contributed by atoms with Crippen LogP contribution in [0.15, 0.2) is 18.2 Å². The Labute approximate surface area is 133 Å². The van der Waals surface area contributed by atoms with E-state index in [1.165, 1.54) is 18.4 Å². The van der Waals surface area contributed by atoms with Crippen LogP contribution in [0.2, 0.25) is 0 Å². The normalized spacial score (nSPS) is 15.2. The van der Waals surface area contributed by atoms with Crippen molar-refractivity contribution in [2.24, 2.45) is 0 Å². The summed E-state index contributed by atoms with van der Waals surface area (Å²) in [5, 5.41) is 3.38. The number of amides is 1. The van der Waals surface area contributed by atoms with Crippen molar-refractivity contribution in [3.63, 3.8) is 0 Å². The minimum absolute atomic E-state index is 0. The van der Waals surface area contributed by atoms with Gasteiger partial charge in [0.25, 0.3) is 0 Å². The number of methoxy groups -OCH3 is 1. The van der Waals surface area contributed by atoms with Crippen LogP contribution in [0.25, 0.3) is 0 Å². The number of piperidine rings is 1. The van der Waals surface area contributed by atoms with Gasteiger partial charge in [-0.25, -0.2) is 0 Å². The van der Waals surface area contributed by atoms with Gasteiger partial charge < -0.3 is 15.0 Å². The molecule has 0 unspecified atom stereocenters. The average Bonchev–Trinajstić information content (AvgIpc) is 2.48. The molecule has 1 N–H and O–H groups in total. The van der Waals surface area contributed by atoms with Gasteiger partial charge >= 0.3 is 0 Å². The third-order valence-corrected chi connectivity index (χ3v) is 3.96. The van der Waals surface area contributed by atoms with Crippen molar-refractivity contribution in [3.8, 4) is 5.75 Å². The summed E-state index contributed by atoms with van der Waals surface area (Å²) in [5.74, 6) is 1.53. The van der Waals surface area contributed by atoms with E-state index >= 15 is 0 Å². The molecule has 1 heterocycles. The molecule has 0 spiro atoms. The average molecular weight is 313 g/mol. The van der Waals surface area contributed by atoms with Crippen molar-refractivity contribution in [2.45, 2.75) is 25.2 Å². The number of carbonyl (C=O) groups excluding carboxylic acids is 1. The fourth-order valence-electron chi connectivity index (χ4n) is 2.64. The second-order valence-electron chi connectivity index (χ2n) is 5.56. The third-order valence-electron chi connectivity index (χ3n) is 3.96. The van der Waals surface area contributed by atoms with E-state index in [0.717, 1.165) is 24.4 Å². The van der Waals surface area contributed by atoms with E-state index in [9.17, 15) is 4.79 Å². The second kappa shape index (κ2) is 8.25. The first-order valence-electron chi connectivity index (χ1n) is 7.19. The number of carbonyl (C=O) groups is 1. The fourth-order valence-corrected chi connectivity index (χ4v) is 2.64. The molecule has 4 nitrogen and oxygen atoms in total. The van der Waals surface area contributed by atoms with Gasteiger partial charge in [0.1, 0.15) is 5.75 Å². The van der Waals surface area contributed by atoms with Crippen LogP contribution in [0.3, 0.4) is 0 Å². The minimum Gasteiger partial charge on any atom is -0.496 e. The lowest BCUT2D eigenvalue weighted by Gasteiger charge is -2.24. The monoisotopic (exact) mass is 312 g/mol. The number of nitrogens with zero attached hydrogens (tertiary/aromatic N) is 1. The Hall–Kier alpha value is -1.26. The highest BCUT2D eigenvalue weighted by atomic mass is 35.5.